The Kier molecular flexibility index (Phi) is 5.90. The third-order valence-electron chi connectivity index (χ3n) is 4.58. The van der Waals surface area contributed by atoms with Gasteiger partial charge in [0.2, 0.25) is 0 Å². The van der Waals surface area contributed by atoms with E-state index in [2.05, 4.69) is 27.3 Å². The van der Waals surface area contributed by atoms with Gasteiger partial charge in [0.15, 0.2) is 0 Å². The zero-order valence-electron chi connectivity index (χ0n) is 15.8. The number of pyridine rings is 1. The van der Waals surface area contributed by atoms with E-state index >= 15 is 0 Å². The summed E-state index contributed by atoms with van der Waals surface area (Å²) in [6.45, 7) is 3.28. The van der Waals surface area contributed by atoms with E-state index in [4.69, 9.17) is 0 Å². The topological polar surface area (TPSA) is 68.8 Å². The standard InChI is InChI=1S/C20H25N5O2/c1-23(2)20(27)22-15-17-14-16(8-9-21-17)19(26)25-12-10-24(11-13-25)18-6-4-3-5-7-18/h3-9,14H,10-13,15H2,1-2H3,(H,22,27). The van der Waals surface area contributed by atoms with Crippen LogP contribution in [0.5, 0.6) is 0 Å². The Labute approximate surface area is 159 Å². The van der Waals surface area contributed by atoms with Crippen molar-refractivity contribution in [3.63, 3.8) is 0 Å². The summed E-state index contributed by atoms with van der Waals surface area (Å²) in [6, 6.07) is 13.5. The number of hydrogen-bond donors (Lipinski definition) is 1. The van der Waals surface area contributed by atoms with Gasteiger partial charge in [0, 0.05) is 57.7 Å². The van der Waals surface area contributed by atoms with Crippen LogP contribution in [0.3, 0.4) is 0 Å². The Balaban J connectivity index is 1.58. The number of amides is 3. The minimum atomic E-state index is -0.189. The van der Waals surface area contributed by atoms with Crippen LogP contribution in [0.25, 0.3) is 0 Å². The highest BCUT2D eigenvalue weighted by Gasteiger charge is 2.22. The predicted molar refractivity (Wildman–Crippen MR) is 105 cm³/mol. The Hall–Kier alpha value is -3.09. The summed E-state index contributed by atoms with van der Waals surface area (Å²) < 4.78 is 0. The monoisotopic (exact) mass is 367 g/mol. The third-order valence-corrected chi connectivity index (χ3v) is 4.58. The average Bonchev–Trinajstić information content (AvgIpc) is 2.72. The van der Waals surface area contributed by atoms with Gasteiger partial charge in [0.1, 0.15) is 0 Å². The Bertz CT molecular complexity index is 786. The van der Waals surface area contributed by atoms with Crippen molar-refractivity contribution < 1.29 is 9.59 Å². The van der Waals surface area contributed by atoms with Gasteiger partial charge in [-0.3, -0.25) is 9.78 Å². The van der Waals surface area contributed by atoms with E-state index in [1.807, 2.05) is 23.1 Å². The lowest BCUT2D eigenvalue weighted by molar-refractivity contribution is 0.0746. The first-order valence-electron chi connectivity index (χ1n) is 9.04. The molecule has 7 heteroatoms. The van der Waals surface area contributed by atoms with Gasteiger partial charge in [-0.2, -0.15) is 0 Å². The zero-order valence-corrected chi connectivity index (χ0v) is 15.8. The third kappa shape index (κ3) is 4.75. The van der Waals surface area contributed by atoms with Crippen LogP contribution in [-0.4, -0.2) is 67.0 Å². The molecule has 0 bridgehead atoms. The molecule has 142 valence electrons. The van der Waals surface area contributed by atoms with Crippen LogP contribution in [0.1, 0.15) is 16.1 Å². The number of carbonyl (C=O) groups excluding carboxylic acids is 2. The number of hydrogen-bond acceptors (Lipinski definition) is 4. The van der Waals surface area contributed by atoms with Crippen LogP contribution < -0.4 is 10.2 Å². The number of anilines is 1. The number of nitrogens with zero attached hydrogens (tertiary/aromatic N) is 4. The second-order valence-corrected chi connectivity index (χ2v) is 6.70. The number of benzene rings is 1. The lowest BCUT2D eigenvalue weighted by Crippen LogP contribution is -2.48. The Morgan fingerprint density at radius 2 is 1.78 bits per heavy atom. The van der Waals surface area contributed by atoms with Gasteiger partial charge >= 0.3 is 6.03 Å². The number of aromatic nitrogens is 1. The SMILES string of the molecule is CN(C)C(=O)NCc1cc(C(=O)N2CCN(c3ccccc3)CC2)ccn1. The van der Waals surface area contributed by atoms with E-state index in [9.17, 15) is 9.59 Å². The molecule has 1 aliphatic rings. The molecule has 0 unspecified atom stereocenters. The Morgan fingerprint density at radius 3 is 2.44 bits per heavy atom. The highest BCUT2D eigenvalue weighted by Crippen LogP contribution is 2.17. The number of piperazine rings is 1. The lowest BCUT2D eigenvalue weighted by atomic mass is 10.1. The van der Waals surface area contributed by atoms with Crippen LogP contribution in [0.4, 0.5) is 10.5 Å². The highest BCUT2D eigenvalue weighted by atomic mass is 16.2. The Morgan fingerprint density at radius 1 is 1.07 bits per heavy atom. The van der Waals surface area contributed by atoms with Crippen molar-refractivity contribution >= 4 is 17.6 Å². The second-order valence-electron chi connectivity index (χ2n) is 6.70. The molecule has 7 nitrogen and oxygen atoms in total. The van der Waals surface area contributed by atoms with E-state index in [1.54, 1.807) is 32.4 Å². The largest absolute Gasteiger partial charge is 0.368 e. The van der Waals surface area contributed by atoms with Gasteiger partial charge in [-0.15, -0.1) is 0 Å². The van der Waals surface area contributed by atoms with Crippen LogP contribution in [-0.2, 0) is 6.54 Å². The van der Waals surface area contributed by atoms with Crippen molar-refractivity contribution in [2.75, 3.05) is 45.2 Å². The van der Waals surface area contributed by atoms with E-state index in [-0.39, 0.29) is 11.9 Å². The molecule has 1 aliphatic heterocycles. The number of urea groups is 1. The zero-order chi connectivity index (χ0) is 19.2. The maximum absolute atomic E-state index is 12.8. The first kappa shape index (κ1) is 18.7. The molecule has 1 aromatic heterocycles. The molecule has 2 aromatic rings. The molecule has 0 atom stereocenters. The molecular formula is C20H25N5O2. The maximum atomic E-state index is 12.8. The fourth-order valence-electron chi connectivity index (χ4n) is 3.02. The predicted octanol–water partition coefficient (Wildman–Crippen LogP) is 1.82. The van der Waals surface area contributed by atoms with Crippen LogP contribution in [0.15, 0.2) is 48.7 Å². The smallest absolute Gasteiger partial charge is 0.317 e. The molecular weight excluding hydrogens is 342 g/mol. The lowest BCUT2D eigenvalue weighted by Gasteiger charge is -2.36. The first-order valence-corrected chi connectivity index (χ1v) is 9.04. The minimum absolute atomic E-state index is 0.00491. The number of carbonyl (C=O) groups is 2. The first-order chi connectivity index (χ1) is 13.0. The molecule has 3 rings (SSSR count). The molecule has 1 N–H and O–H groups in total. The molecule has 0 spiro atoms. The summed E-state index contributed by atoms with van der Waals surface area (Å²) in [5.74, 6) is 0.00491. The molecule has 1 aromatic carbocycles. The molecule has 0 saturated carbocycles. The van der Waals surface area contributed by atoms with Crippen molar-refractivity contribution in [2.45, 2.75) is 6.54 Å². The van der Waals surface area contributed by atoms with E-state index in [0.29, 0.717) is 30.9 Å². The molecule has 0 radical (unpaired) electrons. The second kappa shape index (κ2) is 8.53. The van der Waals surface area contributed by atoms with E-state index in [1.165, 1.54) is 10.6 Å². The highest BCUT2D eigenvalue weighted by molar-refractivity contribution is 5.94. The van der Waals surface area contributed by atoms with Crippen molar-refractivity contribution in [3.8, 4) is 0 Å². The summed E-state index contributed by atoms with van der Waals surface area (Å²) in [5.41, 5.74) is 2.46. The fourth-order valence-corrected chi connectivity index (χ4v) is 3.02. The quantitative estimate of drug-likeness (QED) is 0.895. The molecule has 0 aliphatic carbocycles. The summed E-state index contributed by atoms with van der Waals surface area (Å²) in [5, 5.41) is 2.76. The van der Waals surface area contributed by atoms with E-state index in [0.717, 1.165) is 13.1 Å². The van der Waals surface area contributed by atoms with Crippen molar-refractivity contribution in [1.29, 1.82) is 0 Å². The van der Waals surface area contributed by atoms with Crippen molar-refractivity contribution in [3.05, 3.63) is 59.9 Å². The molecule has 3 amide bonds. The summed E-state index contributed by atoms with van der Waals surface area (Å²) >= 11 is 0. The van der Waals surface area contributed by atoms with Gasteiger partial charge in [-0.25, -0.2) is 4.79 Å². The van der Waals surface area contributed by atoms with Crippen LogP contribution in [0.2, 0.25) is 0 Å². The van der Waals surface area contributed by atoms with Gasteiger partial charge < -0.3 is 20.0 Å². The fraction of sp³-hybridized carbons (Fsp3) is 0.350. The minimum Gasteiger partial charge on any atom is -0.368 e. The normalized spacial score (nSPS) is 14.0. The molecule has 2 heterocycles. The molecule has 1 fully saturated rings. The van der Waals surface area contributed by atoms with Crippen LogP contribution >= 0.6 is 0 Å². The van der Waals surface area contributed by atoms with Gasteiger partial charge in [-0.05, 0) is 24.3 Å². The average molecular weight is 367 g/mol. The van der Waals surface area contributed by atoms with Crippen molar-refractivity contribution in [2.24, 2.45) is 0 Å². The molecule has 27 heavy (non-hydrogen) atoms. The van der Waals surface area contributed by atoms with Gasteiger partial charge in [-0.1, -0.05) is 18.2 Å². The van der Waals surface area contributed by atoms with Gasteiger partial charge in [0.05, 0.1) is 12.2 Å². The number of rotatable bonds is 4. The van der Waals surface area contributed by atoms with Crippen molar-refractivity contribution in [1.82, 2.24) is 20.1 Å². The molecule has 1 saturated heterocycles. The number of nitrogens with one attached hydrogen (secondary N) is 1. The number of para-hydroxylation sites is 1. The summed E-state index contributed by atoms with van der Waals surface area (Å²) in [7, 11) is 3.36. The maximum Gasteiger partial charge on any atom is 0.317 e. The van der Waals surface area contributed by atoms with E-state index < -0.39 is 0 Å². The summed E-state index contributed by atoms with van der Waals surface area (Å²) in [4.78, 5) is 34.3. The van der Waals surface area contributed by atoms with Gasteiger partial charge in [0.25, 0.3) is 5.91 Å². The summed E-state index contributed by atoms with van der Waals surface area (Å²) in [6.07, 6.45) is 1.62. The van der Waals surface area contributed by atoms with Crippen LogP contribution in [0, 0.1) is 0 Å².